The maximum Gasteiger partial charge on any atom is 0.321 e. The first kappa shape index (κ1) is 18.3. The van der Waals surface area contributed by atoms with Crippen LogP contribution in [0.25, 0.3) is 0 Å². The van der Waals surface area contributed by atoms with Crippen molar-refractivity contribution in [1.29, 1.82) is 0 Å². The highest BCUT2D eigenvalue weighted by Crippen LogP contribution is 2.16. The van der Waals surface area contributed by atoms with Crippen molar-refractivity contribution in [3.05, 3.63) is 30.3 Å². The van der Waals surface area contributed by atoms with Gasteiger partial charge in [0, 0.05) is 38.4 Å². The number of nitrogens with zero attached hydrogens (tertiary/aromatic N) is 2. The van der Waals surface area contributed by atoms with Gasteiger partial charge in [-0.25, -0.2) is 4.79 Å². The van der Waals surface area contributed by atoms with Crippen molar-refractivity contribution in [2.75, 3.05) is 37.6 Å². The van der Waals surface area contributed by atoms with E-state index >= 15 is 0 Å². The minimum Gasteiger partial charge on any atom is -0.369 e. The number of rotatable bonds is 5. The molecule has 0 spiro atoms. The Hall–Kier alpha value is -2.08. The molecular weight excluding hydrogens is 304 g/mol. The average molecular weight is 332 g/mol. The number of amides is 3. The number of hydrogen-bond donors (Lipinski definition) is 2. The molecule has 132 valence electrons. The Morgan fingerprint density at radius 2 is 1.67 bits per heavy atom. The fourth-order valence-electron chi connectivity index (χ4n) is 2.73. The normalized spacial score (nSPS) is 16.8. The van der Waals surface area contributed by atoms with Crippen LogP contribution in [0.3, 0.4) is 0 Å². The minimum atomic E-state index is -0.413. The maximum absolute atomic E-state index is 12.2. The molecule has 0 radical (unpaired) electrons. The summed E-state index contributed by atoms with van der Waals surface area (Å²) in [5, 5.41) is 5.13. The standard InChI is InChI=1S/C18H28N4O2/c1-14(2)13-19-18(24)20-17(23)15(3)21-9-11-22(12-10-21)16-7-5-4-6-8-16/h4-8,14-15H,9-13H2,1-3H3,(H2,19,20,23,24)/t15-/m0/s1. The molecule has 24 heavy (non-hydrogen) atoms. The first-order valence-corrected chi connectivity index (χ1v) is 8.60. The molecule has 1 aliphatic rings. The van der Waals surface area contributed by atoms with E-state index in [2.05, 4.69) is 32.6 Å². The summed E-state index contributed by atoms with van der Waals surface area (Å²) in [5.41, 5.74) is 1.21. The molecule has 6 nitrogen and oxygen atoms in total. The summed E-state index contributed by atoms with van der Waals surface area (Å²) < 4.78 is 0. The summed E-state index contributed by atoms with van der Waals surface area (Å²) in [5.74, 6) is 0.110. The summed E-state index contributed by atoms with van der Waals surface area (Å²) in [6, 6.07) is 9.56. The highest BCUT2D eigenvalue weighted by molar-refractivity contribution is 5.96. The van der Waals surface area contributed by atoms with Gasteiger partial charge in [-0.2, -0.15) is 0 Å². The largest absolute Gasteiger partial charge is 0.369 e. The van der Waals surface area contributed by atoms with Crippen LogP contribution >= 0.6 is 0 Å². The molecule has 1 aromatic carbocycles. The van der Waals surface area contributed by atoms with Crippen LogP contribution in [-0.4, -0.2) is 55.6 Å². The number of hydrogen-bond acceptors (Lipinski definition) is 4. The summed E-state index contributed by atoms with van der Waals surface area (Å²) in [7, 11) is 0. The van der Waals surface area contributed by atoms with Gasteiger partial charge in [0.15, 0.2) is 0 Å². The molecule has 0 aliphatic carbocycles. The monoisotopic (exact) mass is 332 g/mol. The van der Waals surface area contributed by atoms with Crippen LogP contribution in [0.2, 0.25) is 0 Å². The number of nitrogens with one attached hydrogen (secondary N) is 2. The highest BCUT2D eigenvalue weighted by atomic mass is 16.2. The van der Waals surface area contributed by atoms with Crippen LogP contribution in [0, 0.1) is 5.92 Å². The molecule has 6 heteroatoms. The second-order valence-corrected chi connectivity index (χ2v) is 6.63. The number of urea groups is 1. The molecule has 2 rings (SSSR count). The highest BCUT2D eigenvalue weighted by Gasteiger charge is 2.26. The molecular formula is C18H28N4O2. The Kier molecular flexibility index (Phi) is 6.61. The van der Waals surface area contributed by atoms with Crippen LogP contribution in [0.4, 0.5) is 10.5 Å². The van der Waals surface area contributed by atoms with Crippen molar-refractivity contribution in [3.63, 3.8) is 0 Å². The first-order chi connectivity index (χ1) is 11.5. The van der Waals surface area contributed by atoms with Gasteiger partial charge in [0.1, 0.15) is 0 Å². The molecule has 1 fully saturated rings. The number of carbonyl (C=O) groups excluding carboxylic acids is 2. The van der Waals surface area contributed by atoms with Crippen LogP contribution in [0.1, 0.15) is 20.8 Å². The van der Waals surface area contributed by atoms with E-state index in [9.17, 15) is 9.59 Å². The van der Waals surface area contributed by atoms with Crippen molar-refractivity contribution in [3.8, 4) is 0 Å². The summed E-state index contributed by atoms with van der Waals surface area (Å²) in [6.07, 6.45) is 0. The molecule has 0 unspecified atom stereocenters. The predicted molar refractivity (Wildman–Crippen MR) is 96.1 cm³/mol. The van der Waals surface area contributed by atoms with Crippen LogP contribution in [-0.2, 0) is 4.79 Å². The minimum absolute atomic E-state index is 0.246. The number of para-hydroxylation sites is 1. The smallest absolute Gasteiger partial charge is 0.321 e. The molecule has 1 saturated heterocycles. The third kappa shape index (κ3) is 5.23. The number of benzene rings is 1. The van der Waals surface area contributed by atoms with E-state index in [1.807, 2.05) is 39.0 Å². The Balaban J connectivity index is 1.78. The molecule has 1 atom stereocenters. The van der Waals surface area contributed by atoms with E-state index in [-0.39, 0.29) is 11.9 Å². The Bertz CT molecular complexity index is 539. The molecule has 1 heterocycles. The van der Waals surface area contributed by atoms with Crippen LogP contribution in [0.15, 0.2) is 30.3 Å². The van der Waals surface area contributed by atoms with Gasteiger partial charge in [0.2, 0.25) is 5.91 Å². The second kappa shape index (κ2) is 8.68. The molecule has 2 N–H and O–H groups in total. The van der Waals surface area contributed by atoms with Gasteiger partial charge in [-0.3, -0.25) is 15.0 Å². The lowest BCUT2D eigenvalue weighted by molar-refractivity contribution is -0.124. The summed E-state index contributed by atoms with van der Waals surface area (Å²) in [4.78, 5) is 28.4. The second-order valence-electron chi connectivity index (χ2n) is 6.63. The Labute approximate surface area is 144 Å². The average Bonchev–Trinajstić information content (AvgIpc) is 2.60. The van der Waals surface area contributed by atoms with Crippen molar-refractivity contribution < 1.29 is 9.59 Å². The van der Waals surface area contributed by atoms with E-state index in [1.54, 1.807) is 0 Å². The van der Waals surface area contributed by atoms with E-state index in [1.165, 1.54) is 5.69 Å². The SMILES string of the molecule is CC(C)CNC(=O)NC(=O)[C@H](C)N1CCN(c2ccccc2)CC1. The molecule has 0 bridgehead atoms. The van der Waals surface area contributed by atoms with E-state index in [0.29, 0.717) is 12.5 Å². The zero-order valence-electron chi connectivity index (χ0n) is 14.8. The van der Waals surface area contributed by atoms with E-state index < -0.39 is 6.03 Å². The third-order valence-corrected chi connectivity index (χ3v) is 4.27. The van der Waals surface area contributed by atoms with Crippen molar-refractivity contribution in [1.82, 2.24) is 15.5 Å². The number of piperazine rings is 1. The van der Waals surface area contributed by atoms with Crippen LogP contribution in [0.5, 0.6) is 0 Å². The van der Waals surface area contributed by atoms with E-state index in [4.69, 9.17) is 0 Å². The molecule has 1 aromatic rings. The number of anilines is 1. The molecule has 0 saturated carbocycles. The van der Waals surface area contributed by atoms with Gasteiger partial charge < -0.3 is 10.2 Å². The Morgan fingerprint density at radius 1 is 1.04 bits per heavy atom. The maximum atomic E-state index is 12.2. The van der Waals surface area contributed by atoms with Gasteiger partial charge in [-0.05, 0) is 25.0 Å². The summed E-state index contributed by atoms with van der Waals surface area (Å²) >= 11 is 0. The van der Waals surface area contributed by atoms with Gasteiger partial charge >= 0.3 is 6.03 Å². The lowest BCUT2D eigenvalue weighted by Crippen LogP contribution is -2.55. The van der Waals surface area contributed by atoms with Crippen LogP contribution < -0.4 is 15.5 Å². The van der Waals surface area contributed by atoms with E-state index in [0.717, 1.165) is 26.2 Å². The molecule has 0 aromatic heterocycles. The quantitative estimate of drug-likeness (QED) is 0.861. The zero-order chi connectivity index (χ0) is 17.5. The first-order valence-electron chi connectivity index (χ1n) is 8.60. The van der Waals surface area contributed by atoms with Crippen molar-refractivity contribution >= 4 is 17.6 Å². The fourth-order valence-corrected chi connectivity index (χ4v) is 2.73. The van der Waals surface area contributed by atoms with Gasteiger partial charge in [0.25, 0.3) is 0 Å². The third-order valence-electron chi connectivity index (χ3n) is 4.27. The zero-order valence-corrected chi connectivity index (χ0v) is 14.8. The summed E-state index contributed by atoms with van der Waals surface area (Å²) in [6.45, 7) is 9.79. The number of carbonyl (C=O) groups is 2. The van der Waals surface area contributed by atoms with Gasteiger partial charge in [0.05, 0.1) is 6.04 Å². The number of imide groups is 1. The van der Waals surface area contributed by atoms with Gasteiger partial charge in [-0.1, -0.05) is 32.0 Å². The Morgan fingerprint density at radius 3 is 2.25 bits per heavy atom. The lowest BCUT2D eigenvalue weighted by atomic mass is 10.2. The van der Waals surface area contributed by atoms with Gasteiger partial charge in [-0.15, -0.1) is 0 Å². The molecule has 1 aliphatic heterocycles. The van der Waals surface area contributed by atoms with Crippen molar-refractivity contribution in [2.45, 2.75) is 26.8 Å². The lowest BCUT2D eigenvalue weighted by Gasteiger charge is -2.38. The molecule has 3 amide bonds. The predicted octanol–water partition coefficient (Wildman–Crippen LogP) is 1.68. The fraction of sp³-hybridized carbons (Fsp3) is 0.556. The van der Waals surface area contributed by atoms with Crippen molar-refractivity contribution in [2.24, 2.45) is 5.92 Å². The topological polar surface area (TPSA) is 64.7 Å².